The molecule has 0 aromatic heterocycles. The molecule has 1 heterocycles. The van der Waals surface area contributed by atoms with E-state index in [4.69, 9.17) is 4.74 Å². The van der Waals surface area contributed by atoms with Gasteiger partial charge in [0.25, 0.3) is 0 Å². The molecular weight excluding hydrogens is 366 g/mol. The third-order valence-corrected chi connectivity index (χ3v) is 6.05. The van der Waals surface area contributed by atoms with Gasteiger partial charge in [-0.2, -0.15) is 0 Å². The Kier molecular flexibility index (Phi) is 5.47. The maximum Gasteiger partial charge on any atom is 0.329 e. The van der Waals surface area contributed by atoms with Gasteiger partial charge >= 0.3 is 5.97 Å². The SMILES string of the molecule is C[C@@H](C(=O)OCc1ccc(-c2ccccc2)cc1)N1C(=O)[C@@H]2CCCC[C@H]2C1=O. The van der Waals surface area contributed by atoms with E-state index in [-0.39, 0.29) is 30.3 Å². The summed E-state index contributed by atoms with van der Waals surface area (Å²) in [5, 5.41) is 0. The maximum atomic E-state index is 12.6. The number of ether oxygens (including phenoxy) is 1. The highest BCUT2D eigenvalue weighted by atomic mass is 16.5. The van der Waals surface area contributed by atoms with Crippen LogP contribution >= 0.6 is 0 Å². The van der Waals surface area contributed by atoms with Crippen molar-refractivity contribution in [1.82, 2.24) is 4.90 Å². The summed E-state index contributed by atoms with van der Waals surface area (Å²) in [4.78, 5) is 38.9. The molecule has 0 N–H and O–H groups in total. The molecule has 0 radical (unpaired) electrons. The molecule has 3 atom stereocenters. The zero-order valence-corrected chi connectivity index (χ0v) is 16.5. The van der Waals surface area contributed by atoms with Crippen LogP contribution in [0.2, 0.25) is 0 Å². The number of benzene rings is 2. The lowest BCUT2D eigenvalue weighted by molar-refractivity contribution is -0.159. The van der Waals surface area contributed by atoms with Crippen molar-refractivity contribution in [3.63, 3.8) is 0 Å². The van der Waals surface area contributed by atoms with Gasteiger partial charge in [-0.05, 0) is 36.5 Å². The van der Waals surface area contributed by atoms with Gasteiger partial charge in [-0.1, -0.05) is 67.4 Å². The summed E-state index contributed by atoms with van der Waals surface area (Å²) in [6.07, 6.45) is 3.40. The summed E-state index contributed by atoms with van der Waals surface area (Å²) >= 11 is 0. The Labute approximate surface area is 170 Å². The lowest BCUT2D eigenvalue weighted by Crippen LogP contribution is -2.44. The fourth-order valence-corrected chi connectivity index (χ4v) is 4.37. The van der Waals surface area contributed by atoms with E-state index in [2.05, 4.69) is 0 Å². The Balaban J connectivity index is 1.37. The van der Waals surface area contributed by atoms with Crippen LogP contribution in [0.25, 0.3) is 11.1 Å². The predicted octanol–water partition coefficient (Wildman–Crippen LogP) is 3.96. The van der Waals surface area contributed by atoms with E-state index in [1.54, 1.807) is 6.92 Å². The lowest BCUT2D eigenvalue weighted by Gasteiger charge is -2.21. The maximum absolute atomic E-state index is 12.6. The standard InChI is InChI=1S/C24H25NO4/c1-16(25-22(26)20-9-5-6-10-21(20)23(25)27)24(28)29-15-17-11-13-19(14-12-17)18-7-3-2-4-8-18/h2-4,7-8,11-14,16,20-21H,5-6,9-10,15H2,1H3/t16-,20+,21+/m0/s1. The Morgan fingerprint density at radius 1 is 0.931 bits per heavy atom. The lowest BCUT2D eigenvalue weighted by atomic mass is 9.81. The van der Waals surface area contributed by atoms with Crippen molar-refractivity contribution in [2.24, 2.45) is 11.8 Å². The van der Waals surface area contributed by atoms with Gasteiger partial charge in [0.1, 0.15) is 12.6 Å². The Bertz CT molecular complexity index is 882. The first kappa shape index (κ1) is 19.4. The van der Waals surface area contributed by atoms with E-state index in [0.717, 1.165) is 47.3 Å². The van der Waals surface area contributed by atoms with Gasteiger partial charge in [-0.15, -0.1) is 0 Å². The third-order valence-electron chi connectivity index (χ3n) is 6.05. The number of fused-ring (bicyclic) bond motifs is 1. The van der Waals surface area contributed by atoms with Gasteiger partial charge < -0.3 is 4.74 Å². The second-order valence-electron chi connectivity index (χ2n) is 7.89. The molecule has 2 fully saturated rings. The zero-order chi connectivity index (χ0) is 20.4. The minimum absolute atomic E-state index is 0.112. The number of carbonyl (C=O) groups excluding carboxylic acids is 3. The van der Waals surface area contributed by atoms with Crippen LogP contribution in [0.1, 0.15) is 38.2 Å². The molecule has 0 unspecified atom stereocenters. The van der Waals surface area contributed by atoms with Crippen LogP contribution in [0.5, 0.6) is 0 Å². The number of carbonyl (C=O) groups is 3. The summed E-state index contributed by atoms with van der Waals surface area (Å²) in [7, 11) is 0. The highest BCUT2D eigenvalue weighted by Gasteiger charge is 2.51. The fourth-order valence-electron chi connectivity index (χ4n) is 4.37. The molecule has 5 nitrogen and oxygen atoms in total. The molecule has 2 aromatic carbocycles. The van der Waals surface area contributed by atoms with E-state index in [1.165, 1.54) is 0 Å². The van der Waals surface area contributed by atoms with Crippen molar-refractivity contribution in [3.8, 4) is 11.1 Å². The van der Waals surface area contributed by atoms with Gasteiger partial charge in [-0.3, -0.25) is 14.5 Å². The Hall–Kier alpha value is -2.95. The largest absolute Gasteiger partial charge is 0.459 e. The number of hydrogen-bond acceptors (Lipinski definition) is 4. The Morgan fingerprint density at radius 3 is 2.07 bits per heavy atom. The van der Waals surface area contributed by atoms with E-state index >= 15 is 0 Å². The Morgan fingerprint density at radius 2 is 1.48 bits per heavy atom. The van der Waals surface area contributed by atoms with E-state index < -0.39 is 12.0 Å². The summed E-state index contributed by atoms with van der Waals surface area (Å²) in [6, 6.07) is 17.0. The van der Waals surface area contributed by atoms with E-state index in [0.29, 0.717) is 0 Å². The quantitative estimate of drug-likeness (QED) is 0.572. The average molecular weight is 391 g/mol. The van der Waals surface area contributed by atoms with Crippen molar-refractivity contribution < 1.29 is 19.1 Å². The minimum Gasteiger partial charge on any atom is -0.459 e. The predicted molar refractivity (Wildman–Crippen MR) is 108 cm³/mol. The van der Waals surface area contributed by atoms with Crippen LogP contribution in [-0.4, -0.2) is 28.7 Å². The molecule has 29 heavy (non-hydrogen) atoms. The molecule has 1 saturated heterocycles. The monoisotopic (exact) mass is 391 g/mol. The molecule has 1 saturated carbocycles. The highest BCUT2D eigenvalue weighted by Crippen LogP contribution is 2.39. The van der Waals surface area contributed by atoms with E-state index in [9.17, 15) is 14.4 Å². The number of rotatable bonds is 5. The summed E-state index contributed by atoms with van der Waals surface area (Å²) in [5.41, 5.74) is 3.07. The third kappa shape index (κ3) is 3.82. The van der Waals surface area contributed by atoms with Gasteiger partial charge in [0, 0.05) is 0 Å². The second-order valence-corrected chi connectivity index (χ2v) is 7.89. The molecule has 2 amide bonds. The number of esters is 1. The van der Waals surface area contributed by atoms with Gasteiger partial charge in [0.15, 0.2) is 0 Å². The topological polar surface area (TPSA) is 63.7 Å². The fraction of sp³-hybridized carbons (Fsp3) is 0.375. The van der Waals surface area contributed by atoms with Gasteiger partial charge in [0.05, 0.1) is 11.8 Å². The molecule has 0 spiro atoms. The number of hydrogen-bond donors (Lipinski definition) is 0. The van der Waals surface area contributed by atoms with Crippen molar-refractivity contribution >= 4 is 17.8 Å². The van der Waals surface area contributed by atoms with Crippen LogP contribution < -0.4 is 0 Å². The van der Waals surface area contributed by atoms with Crippen LogP contribution in [-0.2, 0) is 25.7 Å². The summed E-state index contributed by atoms with van der Waals surface area (Å²) in [5.74, 6) is -1.47. The van der Waals surface area contributed by atoms with Crippen LogP contribution in [0.3, 0.4) is 0 Å². The van der Waals surface area contributed by atoms with Crippen LogP contribution in [0, 0.1) is 11.8 Å². The molecule has 1 aliphatic carbocycles. The van der Waals surface area contributed by atoms with Crippen molar-refractivity contribution in [1.29, 1.82) is 0 Å². The summed E-state index contributed by atoms with van der Waals surface area (Å²) in [6.45, 7) is 1.69. The van der Waals surface area contributed by atoms with Crippen LogP contribution in [0.15, 0.2) is 54.6 Å². The van der Waals surface area contributed by atoms with Crippen molar-refractivity contribution in [2.75, 3.05) is 0 Å². The average Bonchev–Trinajstić information content (AvgIpc) is 3.03. The molecule has 5 heteroatoms. The van der Waals surface area contributed by atoms with Crippen molar-refractivity contribution in [2.45, 2.75) is 45.3 Å². The smallest absolute Gasteiger partial charge is 0.329 e. The zero-order valence-electron chi connectivity index (χ0n) is 16.5. The first-order valence-corrected chi connectivity index (χ1v) is 10.2. The van der Waals surface area contributed by atoms with Gasteiger partial charge in [-0.25, -0.2) is 4.79 Å². The van der Waals surface area contributed by atoms with E-state index in [1.807, 2.05) is 54.6 Å². The number of nitrogens with zero attached hydrogens (tertiary/aromatic N) is 1. The molecule has 150 valence electrons. The molecule has 2 aliphatic rings. The van der Waals surface area contributed by atoms with Crippen LogP contribution in [0.4, 0.5) is 0 Å². The number of imide groups is 1. The minimum atomic E-state index is -0.885. The number of likely N-dealkylation sites (tertiary alicyclic amines) is 1. The van der Waals surface area contributed by atoms with Crippen molar-refractivity contribution in [3.05, 3.63) is 60.2 Å². The molecule has 4 rings (SSSR count). The molecular formula is C24H25NO4. The first-order valence-electron chi connectivity index (χ1n) is 10.2. The molecule has 1 aliphatic heterocycles. The highest BCUT2D eigenvalue weighted by molar-refractivity contribution is 6.07. The summed E-state index contributed by atoms with van der Waals surface area (Å²) < 4.78 is 5.41. The van der Waals surface area contributed by atoms with Gasteiger partial charge in [0.2, 0.25) is 11.8 Å². The second kappa shape index (κ2) is 8.19. The molecule has 2 aromatic rings. The first-order chi connectivity index (χ1) is 14.1. The normalized spacial score (nSPS) is 22.3. The number of amides is 2. The molecule has 0 bridgehead atoms.